The molecule has 1 aliphatic heterocycles. The maximum Gasteiger partial charge on any atom is 0.573 e. The zero-order valence-electron chi connectivity index (χ0n) is 18.9. The molecular formula is C25H25F4N3O3. The minimum absolute atomic E-state index is 0.00431. The topological polar surface area (TPSA) is 78.5 Å². The highest BCUT2D eigenvalue weighted by atomic mass is 19.4. The van der Waals surface area contributed by atoms with Gasteiger partial charge in [-0.25, -0.2) is 9.37 Å². The Morgan fingerprint density at radius 1 is 1.14 bits per heavy atom. The van der Waals surface area contributed by atoms with Crippen molar-refractivity contribution in [1.82, 2.24) is 14.9 Å². The van der Waals surface area contributed by atoms with E-state index in [9.17, 15) is 23.1 Å². The Balaban J connectivity index is 1.34. The number of halogens is 4. The quantitative estimate of drug-likeness (QED) is 0.502. The Kier molecular flexibility index (Phi) is 6.16. The number of carbonyl (C=O) groups excluding carboxylic acids is 1. The fourth-order valence-corrected chi connectivity index (χ4v) is 5.48. The van der Waals surface area contributed by atoms with Gasteiger partial charge in [0.15, 0.2) is 0 Å². The summed E-state index contributed by atoms with van der Waals surface area (Å²) in [6, 6.07) is 4.84. The molecule has 0 spiro atoms. The van der Waals surface area contributed by atoms with Crippen LogP contribution in [0.5, 0.6) is 5.75 Å². The summed E-state index contributed by atoms with van der Waals surface area (Å²) in [5, 5.41) is 10.7. The zero-order chi connectivity index (χ0) is 24.7. The molecule has 2 N–H and O–H groups in total. The molecule has 1 aliphatic carbocycles. The van der Waals surface area contributed by atoms with Gasteiger partial charge in [0.25, 0.3) is 5.91 Å². The number of benzene rings is 1. The number of alkyl halides is 3. The second-order valence-corrected chi connectivity index (χ2v) is 9.17. The summed E-state index contributed by atoms with van der Waals surface area (Å²) in [6.07, 6.45) is 0.149. The number of fused-ring (bicyclic) bond motifs is 3. The molecule has 1 atom stereocenters. The van der Waals surface area contributed by atoms with E-state index in [4.69, 9.17) is 0 Å². The van der Waals surface area contributed by atoms with Gasteiger partial charge in [0.2, 0.25) is 0 Å². The Labute approximate surface area is 198 Å². The number of hydrogen-bond donors (Lipinski definition) is 2. The van der Waals surface area contributed by atoms with E-state index in [2.05, 4.69) is 14.7 Å². The van der Waals surface area contributed by atoms with Crippen molar-refractivity contribution < 1.29 is 32.2 Å². The summed E-state index contributed by atoms with van der Waals surface area (Å²) in [4.78, 5) is 22.1. The molecule has 1 saturated heterocycles. The van der Waals surface area contributed by atoms with E-state index >= 15 is 4.39 Å². The summed E-state index contributed by atoms with van der Waals surface area (Å²) in [7, 11) is 0. The van der Waals surface area contributed by atoms with Gasteiger partial charge in [0.1, 0.15) is 17.2 Å². The highest BCUT2D eigenvalue weighted by molar-refractivity contribution is 5.94. The lowest BCUT2D eigenvalue weighted by atomic mass is 9.81. The van der Waals surface area contributed by atoms with Gasteiger partial charge < -0.3 is 19.7 Å². The first kappa shape index (κ1) is 23.6. The standard InChI is InChI=1S/C25H25F4N3O3/c26-18-12-30-23-22(21-16(13-33)2-1-3-19(21)31-23)20(18)14-8-10-32(11-9-14)24(34)15-4-6-17(7-5-15)35-25(27,28)29/h4-7,12,14,16,33H,1-3,8-11,13H2,(H,30,31)/t16-/m0/s1. The Bertz CT molecular complexity index is 1230. The summed E-state index contributed by atoms with van der Waals surface area (Å²) in [5.74, 6) is -1.23. The third kappa shape index (κ3) is 4.59. The number of nitrogens with one attached hydrogen (secondary N) is 1. The maximum absolute atomic E-state index is 15.1. The van der Waals surface area contributed by atoms with Crippen LogP contribution in [0.2, 0.25) is 0 Å². The van der Waals surface area contributed by atoms with Crippen LogP contribution in [-0.2, 0) is 6.42 Å². The molecule has 10 heteroatoms. The van der Waals surface area contributed by atoms with Crippen LogP contribution in [0, 0.1) is 5.82 Å². The number of rotatable bonds is 4. The third-order valence-corrected chi connectivity index (χ3v) is 7.07. The average molecular weight is 491 g/mol. The number of hydrogen-bond acceptors (Lipinski definition) is 4. The minimum atomic E-state index is -4.79. The lowest BCUT2D eigenvalue weighted by molar-refractivity contribution is -0.274. The lowest BCUT2D eigenvalue weighted by Gasteiger charge is -2.33. The third-order valence-electron chi connectivity index (χ3n) is 7.07. The monoisotopic (exact) mass is 491 g/mol. The summed E-state index contributed by atoms with van der Waals surface area (Å²) >= 11 is 0. The van der Waals surface area contributed by atoms with Gasteiger partial charge >= 0.3 is 6.36 Å². The van der Waals surface area contributed by atoms with Gasteiger partial charge in [-0.3, -0.25) is 4.79 Å². The molecular weight excluding hydrogens is 466 g/mol. The highest BCUT2D eigenvalue weighted by Crippen LogP contribution is 2.42. The lowest BCUT2D eigenvalue weighted by Crippen LogP contribution is -2.38. The molecule has 35 heavy (non-hydrogen) atoms. The van der Waals surface area contributed by atoms with Crippen LogP contribution >= 0.6 is 0 Å². The predicted octanol–water partition coefficient (Wildman–Crippen LogP) is 5.03. The van der Waals surface area contributed by atoms with E-state index in [1.54, 1.807) is 4.90 Å². The van der Waals surface area contributed by atoms with Gasteiger partial charge in [0, 0.05) is 41.2 Å². The Morgan fingerprint density at radius 3 is 2.51 bits per heavy atom. The molecule has 1 fully saturated rings. The van der Waals surface area contributed by atoms with Crippen LogP contribution in [-0.4, -0.2) is 51.9 Å². The zero-order valence-corrected chi connectivity index (χ0v) is 18.9. The Morgan fingerprint density at radius 2 is 1.86 bits per heavy atom. The SMILES string of the molecule is O=C(c1ccc(OC(F)(F)F)cc1)N1CCC(c2c(F)cnc3[nH]c4c(c23)[C@H](CO)CCC4)CC1. The van der Waals surface area contributed by atoms with Gasteiger partial charge in [-0.15, -0.1) is 13.2 Å². The molecule has 2 aliphatic rings. The molecule has 1 amide bonds. The molecule has 3 heterocycles. The number of amides is 1. The van der Waals surface area contributed by atoms with E-state index in [1.807, 2.05) is 0 Å². The second-order valence-electron chi connectivity index (χ2n) is 9.17. The average Bonchev–Trinajstić information content (AvgIpc) is 3.22. The number of nitrogens with zero attached hydrogens (tertiary/aromatic N) is 2. The van der Waals surface area contributed by atoms with Crippen molar-refractivity contribution >= 4 is 16.9 Å². The smallest absolute Gasteiger partial charge is 0.406 e. The normalized spacial score (nSPS) is 19.1. The van der Waals surface area contributed by atoms with E-state index < -0.39 is 6.36 Å². The van der Waals surface area contributed by atoms with E-state index in [0.29, 0.717) is 37.1 Å². The van der Waals surface area contributed by atoms with Crippen LogP contribution in [0.15, 0.2) is 30.5 Å². The van der Waals surface area contributed by atoms with Crippen molar-refractivity contribution in [2.75, 3.05) is 19.7 Å². The van der Waals surface area contributed by atoms with Crippen LogP contribution < -0.4 is 4.74 Å². The maximum atomic E-state index is 15.1. The van der Waals surface area contributed by atoms with Crippen molar-refractivity contribution in [2.24, 2.45) is 0 Å². The van der Waals surface area contributed by atoms with E-state index in [1.165, 1.54) is 18.3 Å². The largest absolute Gasteiger partial charge is 0.573 e. The van der Waals surface area contributed by atoms with Crippen molar-refractivity contribution in [1.29, 1.82) is 0 Å². The van der Waals surface area contributed by atoms with Crippen LogP contribution in [0.4, 0.5) is 17.6 Å². The number of aliphatic hydroxyl groups is 1. The summed E-state index contributed by atoms with van der Waals surface area (Å²) < 4.78 is 56.1. The molecule has 2 aromatic heterocycles. The first-order chi connectivity index (χ1) is 16.7. The highest BCUT2D eigenvalue weighted by Gasteiger charge is 2.33. The second kappa shape index (κ2) is 9.14. The van der Waals surface area contributed by atoms with Crippen molar-refractivity contribution in [3.63, 3.8) is 0 Å². The number of aliphatic hydroxyl groups excluding tert-OH is 1. The molecule has 0 radical (unpaired) electrons. The van der Waals surface area contributed by atoms with E-state index in [0.717, 1.165) is 48.0 Å². The fourth-order valence-electron chi connectivity index (χ4n) is 5.48. The molecule has 186 valence electrons. The predicted molar refractivity (Wildman–Crippen MR) is 120 cm³/mol. The number of pyridine rings is 1. The minimum Gasteiger partial charge on any atom is -0.406 e. The van der Waals surface area contributed by atoms with Gasteiger partial charge in [-0.2, -0.15) is 0 Å². The molecule has 5 rings (SSSR count). The van der Waals surface area contributed by atoms with Gasteiger partial charge in [-0.05, 0) is 67.9 Å². The van der Waals surface area contributed by atoms with Crippen LogP contribution in [0.3, 0.4) is 0 Å². The molecule has 0 saturated carbocycles. The van der Waals surface area contributed by atoms with Gasteiger partial charge in [-0.1, -0.05) is 0 Å². The number of carbonyl (C=O) groups is 1. The summed E-state index contributed by atoms with van der Waals surface area (Å²) in [6.45, 7) is 0.781. The summed E-state index contributed by atoms with van der Waals surface area (Å²) in [5.41, 5.74) is 3.46. The Hall–Kier alpha value is -3.14. The number of aromatic nitrogens is 2. The van der Waals surface area contributed by atoms with E-state index in [-0.39, 0.29) is 41.5 Å². The van der Waals surface area contributed by atoms with Crippen molar-refractivity contribution in [3.05, 3.63) is 58.7 Å². The number of piperidine rings is 1. The number of ether oxygens (including phenoxy) is 1. The van der Waals surface area contributed by atoms with Crippen LogP contribution in [0.1, 0.15) is 64.7 Å². The molecule has 0 unspecified atom stereocenters. The molecule has 3 aromatic rings. The number of aromatic amines is 1. The first-order valence-corrected chi connectivity index (χ1v) is 11.7. The van der Waals surface area contributed by atoms with Crippen molar-refractivity contribution in [3.8, 4) is 5.75 Å². The molecule has 1 aromatic carbocycles. The van der Waals surface area contributed by atoms with Gasteiger partial charge in [0.05, 0.1) is 12.8 Å². The number of H-pyrrole nitrogens is 1. The molecule has 0 bridgehead atoms. The number of likely N-dealkylation sites (tertiary alicyclic amines) is 1. The van der Waals surface area contributed by atoms with Crippen LogP contribution in [0.25, 0.3) is 11.0 Å². The first-order valence-electron chi connectivity index (χ1n) is 11.7. The van der Waals surface area contributed by atoms with Crippen molar-refractivity contribution in [2.45, 2.75) is 50.3 Å². The fraction of sp³-hybridized carbons (Fsp3) is 0.440. The molecule has 6 nitrogen and oxygen atoms in total. The number of aryl methyl sites for hydroxylation is 1.